The molecule has 1 aliphatic rings. The Balaban J connectivity index is 1.36. The third-order valence-corrected chi connectivity index (χ3v) is 14.7. The molecular formula is C34H43N3O5SSi. The van der Waals surface area contributed by atoms with Gasteiger partial charge in [-0.3, -0.25) is 14.0 Å². The molecule has 0 saturated heterocycles. The monoisotopic (exact) mass is 633 g/mol. The van der Waals surface area contributed by atoms with Crippen LogP contribution in [-0.4, -0.2) is 55.4 Å². The molecule has 234 valence electrons. The smallest absolute Gasteiger partial charge is 0.270 e. The van der Waals surface area contributed by atoms with Crippen molar-refractivity contribution in [3.8, 4) is 0 Å². The Labute approximate surface area is 261 Å². The Morgan fingerprint density at radius 2 is 1.50 bits per heavy atom. The largest absolute Gasteiger partial charge is 0.406 e. The van der Waals surface area contributed by atoms with E-state index in [4.69, 9.17) is 14.1 Å². The van der Waals surface area contributed by atoms with Crippen molar-refractivity contribution in [3.63, 3.8) is 0 Å². The number of hydrogen-bond donors (Lipinski definition) is 2. The standard InChI is InChI=1S/C34H43N3O5SSi/c1-34(2,3)44(28-12-6-4-7-13-28,29-14-8-5-9-15-29)42-24-23-37-32(30-16-10-11-17-31(30)36-37)33(38)35-27-20-18-26(19-21-27)22-25-43(39,40)41/h4-17,26-27H,18-25H2,1-3H3,(H,35,38)(H,39,40,41). The Bertz CT molecular complexity index is 1620. The molecule has 0 unspecified atom stereocenters. The lowest BCUT2D eigenvalue weighted by Gasteiger charge is -2.43. The molecule has 4 aromatic rings. The quantitative estimate of drug-likeness (QED) is 0.174. The Morgan fingerprint density at radius 1 is 0.932 bits per heavy atom. The molecule has 44 heavy (non-hydrogen) atoms. The van der Waals surface area contributed by atoms with Gasteiger partial charge in [-0.25, -0.2) is 0 Å². The molecule has 1 saturated carbocycles. The molecule has 1 aromatic heterocycles. The maximum atomic E-state index is 13.8. The average Bonchev–Trinajstić information content (AvgIpc) is 3.37. The van der Waals surface area contributed by atoms with Gasteiger partial charge in [0.05, 0.1) is 24.4 Å². The van der Waals surface area contributed by atoms with Gasteiger partial charge in [0.1, 0.15) is 5.69 Å². The summed E-state index contributed by atoms with van der Waals surface area (Å²) in [5, 5.41) is 11.1. The lowest BCUT2D eigenvalue weighted by molar-refractivity contribution is 0.0911. The first kappa shape index (κ1) is 32.1. The van der Waals surface area contributed by atoms with Gasteiger partial charge in [-0.2, -0.15) is 13.5 Å². The number of nitrogens with one attached hydrogen (secondary N) is 1. The van der Waals surface area contributed by atoms with E-state index in [2.05, 4.69) is 74.6 Å². The Morgan fingerprint density at radius 3 is 2.07 bits per heavy atom. The van der Waals surface area contributed by atoms with Crippen LogP contribution < -0.4 is 15.7 Å². The molecule has 0 atom stereocenters. The molecule has 1 aliphatic carbocycles. The maximum absolute atomic E-state index is 13.8. The van der Waals surface area contributed by atoms with Crippen molar-refractivity contribution in [1.29, 1.82) is 0 Å². The number of carbonyl (C=O) groups is 1. The molecule has 1 fully saturated rings. The molecule has 0 spiro atoms. The van der Waals surface area contributed by atoms with Crippen LogP contribution in [-0.2, 0) is 21.1 Å². The van der Waals surface area contributed by atoms with Crippen LogP contribution in [0.2, 0.25) is 5.04 Å². The topological polar surface area (TPSA) is 111 Å². The van der Waals surface area contributed by atoms with Crippen LogP contribution in [0.5, 0.6) is 0 Å². The van der Waals surface area contributed by atoms with Crippen molar-refractivity contribution < 1.29 is 22.2 Å². The molecule has 2 N–H and O–H groups in total. The normalized spacial score (nSPS) is 17.9. The fourth-order valence-corrected chi connectivity index (χ4v) is 11.9. The van der Waals surface area contributed by atoms with E-state index >= 15 is 0 Å². The van der Waals surface area contributed by atoms with Crippen LogP contribution in [0, 0.1) is 5.92 Å². The summed E-state index contributed by atoms with van der Waals surface area (Å²) in [6, 6.07) is 28.7. The minimum Gasteiger partial charge on any atom is -0.406 e. The molecule has 3 aromatic carbocycles. The summed E-state index contributed by atoms with van der Waals surface area (Å²) in [6.45, 7) is 7.55. The number of amides is 1. The molecule has 0 bridgehead atoms. The van der Waals surface area contributed by atoms with E-state index in [1.165, 1.54) is 10.4 Å². The molecule has 1 heterocycles. The van der Waals surface area contributed by atoms with Gasteiger partial charge >= 0.3 is 0 Å². The van der Waals surface area contributed by atoms with E-state index in [0.29, 0.717) is 25.3 Å². The van der Waals surface area contributed by atoms with Crippen molar-refractivity contribution >= 4 is 45.6 Å². The van der Waals surface area contributed by atoms with Gasteiger partial charge in [0.2, 0.25) is 0 Å². The summed E-state index contributed by atoms with van der Waals surface area (Å²) in [4.78, 5) is 13.8. The maximum Gasteiger partial charge on any atom is 0.270 e. The van der Waals surface area contributed by atoms with Crippen LogP contribution in [0.15, 0.2) is 84.9 Å². The van der Waals surface area contributed by atoms with E-state index in [-0.39, 0.29) is 28.7 Å². The number of hydrogen-bond acceptors (Lipinski definition) is 5. The number of nitrogens with zero attached hydrogens (tertiary/aromatic N) is 2. The van der Waals surface area contributed by atoms with Crippen LogP contribution in [0.3, 0.4) is 0 Å². The third kappa shape index (κ3) is 7.15. The highest BCUT2D eigenvalue weighted by atomic mass is 32.2. The summed E-state index contributed by atoms with van der Waals surface area (Å²) in [5.74, 6) is -0.142. The number of carbonyl (C=O) groups excluding carboxylic acids is 1. The van der Waals surface area contributed by atoms with Crippen LogP contribution in [0.1, 0.15) is 63.4 Å². The summed E-state index contributed by atoms with van der Waals surface area (Å²) in [6.07, 6.45) is 3.61. The average molecular weight is 634 g/mol. The Kier molecular flexibility index (Phi) is 9.74. The summed E-state index contributed by atoms with van der Waals surface area (Å²) < 4.78 is 40.3. The first-order valence-corrected chi connectivity index (χ1v) is 19.0. The fourth-order valence-electron chi connectivity index (χ4n) is 6.69. The second-order valence-corrected chi connectivity index (χ2v) is 18.7. The highest BCUT2D eigenvalue weighted by molar-refractivity contribution is 7.85. The van der Waals surface area contributed by atoms with Crippen molar-refractivity contribution in [2.75, 3.05) is 12.4 Å². The zero-order chi connectivity index (χ0) is 31.4. The predicted molar refractivity (Wildman–Crippen MR) is 178 cm³/mol. The third-order valence-electron chi connectivity index (χ3n) is 8.87. The van der Waals surface area contributed by atoms with Crippen molar-refractivity contribution in [2.45, 2.75) is 70.5 Å². The van der Waals surface area contributed by atoms with Gasteiger partial charge in [-0.15, -0.1) is 0 Å². The molecule has 1 amide bonds. The first-order chi connectivity index (χ1) is 21.0. The van der Waals surface area contributed by atoms with Crippen molar-refractivity contribution in [1.82, 2.24) is 15.1 Å². The Hall–Kier alpha value is -3.31. The highest BCUT2D eigenvalue weighted by Crippen LogP contribution is 2.37. The van der Waals surface area contributed by atoms with Gasteiger partial charge in [0, 0.05) is 11.4 Å². The van der Waals surface area contributed by atoms with E-state index < -0.39 is 18.4 Å². The van der Waals surface area contributed by atoms with Gasteiger partial charge in [-0.05, 0) is 59.5 Å². The lowest BCUT2D eigenvalue weighted by atomic mass is 9.84. The zero-order valence-electron chi connectivity index (χ0n) is 25.8. The van der Waals surface area contributed by atoms with E-state index in [9.17, 15) is 13.2 Å². The van der Waals surface area contributed by atoms with E-state index in [1.54, 1.807) is 4.68 Å². The second kappa shape index (κ2) is 13.4. The minimum absolute atomic E-state index is 0.0000418. The van der Waals surface area contributed by atoms with Gasteiger partial charge in [0.25, 0.3) is 24.3 Å². The second-order valence-electron chi connectivity index (χ2n) is 12.9. The van der Waals surface area contributed by atoms with Crippen LogP contribution in [0.25, 0.3) is 10.9 Å². The van der Waals surface area contributed by atoms with Crippen molar-refractivity contribution in [3.05, 3.63) is 90.6 Å². The molecule has 0 aliphatic heterocycles. The van der Waals surface area contributed by atoms with Crippen molar-refractivity contribution in [2.24, 2.45) is 5.92 Å². The van der Waals surface area contributed by atoms with Crippen LogP contribution >= 0.6 is 0 Å². The van der Waals surface area contributed by atoms with E-state index in [1.807, 2.05) is 36.4 Å². The molecular weight excluding hydrogens is 591 g/mol. The summed E-state index contributed by atoms with van der Waals surface area (Å²) >= 11 is 0. The zero-order valence-corrected chi connectivity index (χ0v) is 27.6. The SMILES string of the molecule is CC(C)(C)[Si](OCCn1nc2ccccc2c1C(=O)NC1CCC(CCS(=O)(=O)O)CC1)(c1ccccc1)c1ccccc1. The highest BCUT2D eigenvalue weighted by Gasteiger charge is 2.50. The molecule has 0 radical (unpaired) electrons. The minimum atomic E-state index is -3.96. The molecule has 10 heteroatoms. The number of rotatable bonds is 11. The first-order valence-electron chi connectivity index (χ1n) is 15.4. The fraction of sp³-hybridized carbons (Fsp3) is 0.412. The molecule has 5 rings (SSSR count). The number of benzene rings is 3. The lowest BCUT2D eigenvalue weighted by Crippen LogP contribution is -2.66. The van der Waals surface area contributed by atoms with Gasteiger partial charge < -0.3 is 9.74 Å². The molecule has 8 nitrogen and oxygen atoms in total. The van der Waals surface area contributed by atoms with E-state index in [0.717, 1.165) is 36.6 Å². The van der Waals surface area contributed by atoms with Gasteiger partial charge in [0.15, 0.2) is 0 Å². The summed E-state index contributed by atoms with van der Waals surface area (Å²) in [7, 11) is -6.70. The number of aromatic nitrogens is 2. The van der Waals surface area contributed by atoms with Gasteiger partial charge in [-0.1, -0.05) is 99.6 Å². The van der Waals surface area contributed by atoms with Crippen LogP contribution in [0.4, 0.5) is 0 Å². The number of fused-ring (bicyclic) bond motifs is 1. The summed E-state index contributed by atoms with van der Waals surface area (Å²) in [5.41, 5.74) is 1.29. The predicted octanol–water partition coefficient (Wildman–Crippen LogP) is 5.18.